The highest BCUT2D eigenvalue weighted by atomic mass is 35.5. The highest BCUT2D eigenvalue weighted by Gasteiger charge is 2.22. The first-order valence-corrected chi connectivity index (χ1v) is 12.1. The summed E-state index contributed by atoms with van der Waals surface area (Å²) in [5.74, 6) is 2.02. The largest absolute Gasteiger partial charge is 0.497 e. The van der Waals surface area contributed by atoms with Gasteiger partial charge in [-0.1, -0.05) is 30.7 Å². The summed E-state index contributed by atoms with van der Waals surface area (Å²) >= 11 is 6.27. The van der Waals surface area contributed by atoms with Gasteiger partial charge in [0.15, 0.2) is 0 Å². The number of hydrogen-bond acceptors (Lipinski definition) is 6. The first kappa shape index (κ1) is 26.8. The summed E-state index contributed by atoms with van der Waals surface area (Å²) in [6.45, 7) is 10.2. The second-order valence-electron chi connectivity index (χ2n) is 8.25. The Kier molecular flexibility index (Phi) is 10.2. The van der Waals surface area contributed by atoms with E-state index >= 15 is 0 Å². The second-order valence-corrected chi connectivity index (χ2v) is 8.69. The third kappa shape index (κ3) is 7.57. The summed E-state index contributed by atoms with van der Waals surface area (Å²) in [6, 6.07) is 14.9. The lowest BCUT2D eigenvalue weighted by molar-refractivity contribution is 0.0244. The Bertz CT molecular complexity index is 1080. The molecule has 3 aromatic rings. The van der Waals surface area contributed by atoms with E-state index in [1.54, 1.807) is 17.9 Å². The minimum absolute atomic E-state index is 0.252. The van der Waals surface area contributed by atoms with Crippen molar-refractivity contribution in [3.05, 3.63) is 77.5 Å². The monoisotopic (exact) mass is 499 g/mol. The fourth-order valence-electron chi connectivity index (χ4n) is 3.78. The van der Waals surface area contributed by atoms with Gasteiger partial charge in [0.25, 0.3) is 0 Å². The number of aliphatic hydroxyl groups is 1. The van der Waals surface area contributed by atoms with Gasteiger partial charge in [-0.2, -0.15) is 5.10 Å². The van der Waals surface area contributed by atoms with Gasteiger partial charge in [0.2, 0.25) is 5.88 Å². The molecule has 188 valence electrons. The predicted molar refractivity (Wildman–Crippen MR) is 139 cm³/mol. The zero-order valence-corrected chi connectivity index (χ0v) is 21.4. The average molecular weight is 500 g/mol. The van der Waals surface area contributed by atoms with E-state index in [0.717, 1.165) is 35.7 Å². The van der Waals surface area contributed by atoms with Crippen LogP contribution < -0.4 is 9.47 Å². The van der Waals surface area contributed by atoms with E-state index in [1.165, 1.54) is 0 Å². The van der Waals surface area contributed by atoms with Crippen LogP contribution in [0.3, 0.4) is 0 Å². The first-order chi connectivity index (χ1) is 16.9. The van der Waals surface area contributed by atoms with E-state index < -0.39 is 6.10 Å². The lowest BCUT2D eigenvalue weighted by atomic mass is 10.2. The van der Waals surface area contributed by atoms with Gasteiger partial charge in [0, 0.05) is 18.1 Å². The number of methoxy groups -OCH3 is 1. The summed E-state index contributed by atoms with van der Waals surface area (Å²) in [6.07, 6.45) is 2.00. The first-order valence-electron chi connectivity index (χ1n) is 11.7. The summed E-state index contributed by atoms with van der Waals surface area (Å²) in [5, 5.41) is 15.9. The van der Waals surface area contributed by atoms with Gasteiger partial charge in [0.05, 0.1) is 43.4 Å². The molecule has 0 aliphatic heterocycles. The molecule has 2 aromatic carbocycles. The number of aryl methyl sites for hydroxylation is 1. The molecular formula is C27H34ClN3O4. The van der Waals surface area contributed by atoms with Crippen molar-refractivity contribution in [2.75, 3.05) is 33.4 Å². The quantitative estimate of drug-likeness (QED) is 0.236. The van der Waals surface area contributed by atoms with Crippen LogP contribution in [0.1, 0.15) is 24.6 Å². The number of rotatable bonds is 14. The molecule has 0 amide bonds. The van der Waals surface area contributed by atoms with Gasteiger partial charge in [0.1, 0.15) is 11.5 Å². The van der Waals surface area contributed by atoms with Gasteiger partial charge in [-0.15, -0.1) is 6.58 Å². The molecule has 8 heteroatoms. The molecular weight excluding hydrogens is 466 g/mol. The van der Waals surface area contributed by atoms with Crippen molar-refractivity contribution < 1.29 is 19.3 Å². The van der Waals surface area contributed by atoms with Gasteiger partial charge in [-0.25, -0.2) is 4.68 Å². The number of aliphatic hydroxyl groups excluding tert-OH is 1. The predicted octanol–water partition coefficient (Wildman–Crippen LogP) is 5.41. The maximum atomic E-state index is 10.5. The van der Waals surface area contributed by atoms with Crippen molar-refractivity contribution >= 4 is 11.6 Å². The van der Waals surface area contributed by atoms with Crippen LogP contribution in [0.2, 0.25) is 5.02 Å². The molecule has 0 radical (unpaired) electrons. The number of nitrogens with zero attached hydrogens (tertiary/aromatic N) is 3. The zero-order chi connectivity index (χ0) is 25.2. The highest BCUT2D eigenvalue weighted by molar-refractivity contribution is 6.30. The molecule has 35 heavy (non-hydrogen) atoms. The Morgan fingerprint density at radius 1 is 1.20 bits per heavy atom. The third-order valence-corrected chi connectivity index (χ3v) is 5.64. The highest BCUT2D eigenvalue weighted by Crippen LogP contribution is 2.33. The topological polar surface area (TPSA) is 69.0 Å². The Morgan fingerprint density at radius 3 is 2.60 bits per heavy atom. The lowest BCUT2D eigenvalue weighted by Gasteiger charge is -2.25. The van der Waals surface area contributed by atoms with Crippen molar-refractivity contribution in [3.63, 3.8) is 0 Å². The molecule has 7 nitrogen and oxygen atoms in total. The molecule has 0 saturated carbocycles. The molecule has 1 unspecified atom stereocenters. The van der Waals surface area contributed by atoms with Crippen molar-refractivity contribution in [3.8, 4) is 23.1 Å². The van der Waals surface area contributed by atoms with Crippen LogP contribution in [-0.4, -0.2) is 59.3 Å². The maximum absolute atomic E-state index is 10.5. The molecule has 0 saturated heterocycles. The Labute approximate surface area is 212 Å². The summed E-state index contributed by atoms with van der Waals surface area (Å²) in [7, 11) is 1.63. The third-order valence-electron chi connectivity index (χ3n) is 5.40. The van der Waals surface area contributed by atoms with Crippen LogP contribution in [0.25, 0.3) is 5.69 Å². The van der Waals surface area contributed by atoms with Crippen LogP contribution in [0, 0.1) is 6.92 Å². The number of hydrogen-bond donors (Lipinski definition) is 1. The molecule has 1 N–H and O–H groups in total. The fourth-order valence-corrected chi connectivity index (χ4v) is 3.96. The molecule has 1 aromatic heterocycles. The Morgan fingerprint density at radius 2 is 1.94 bits per heavy atom. The number of benzene rings is 2. The molecule has 0 spiro atoms. The van der Waals surface area contributed by atoms with Crippen molar-refractivity contribution in [1.82, 2.24) is 14.7 Å². The minimum atomic E-state index is -0.615. The number of halogens is 1. The SMILES string of the molecule is C=CCOCC(O)CN(CCC)Cc1c(C)nn(-c2cccc(Cl)c2)c1Oc1ccc(OC)cc1. The summed E-state index contributed by atoms with van der Waals surface area (Å²) in [5.41, 5.74) is 2.58. The van der Waals surface area contributed by atoms with Crippen LogP contribution in [0.5, 0.6) is 17.4 Å². The molecule has 0 bridgehead atoms. The van der Waals surface area contributed by atoms with E-state index in [0.29, 0.717) is 36.3 Å². The van der Waals surface area contributed by atoms with Crippen molar-refractivity contribution in [1.29, 1.82) is 0 Å². The Hall–Kier alpha value is -2.84. The molecule has 0 aliphatic rings. The van der Waals surface area contributed by atoms with Crippen LogP contribution in [0.4, 0.5) is 0 Å². The second kappa shape index (κ2) is 13.3. The Balaban J connectivity index is 1.94. The van der Waals surface area contributed by atoms with Gasteiger partial charge in [-0.05, 0) is 62.4 Å². The van der Waals surface area contributed by atoms with Crippen molar-refractivity contribution in [2.24, 2.45) is 0 Å². The van der Waals surface area contributed by atoms with Crippen LogP contribution in [0.15, 0.2) is 61.2 Å². The fraction of sp³-hybridized carbons (Fsp3) is 0.370. The van der Waals surface area contributed by atoms with Crippen LogP contribution >= 0.6 is 11.6 Å². The van der Waals surface area contributed by atoms with E-state index in [1.807, 2.05) is 55.5 Å². The zero-order valence-electron chi connectivity index (χ0n) is 20.6. The van der Waals surface area contributed by atoms with E-state index in [9.17, 15) is 5.11 Å². The maximum Gasteiger partial charge on any atom is 0.227 e. The van der Waals surface area contributed by atoms with Gasteiger partial charge in [-0.3, -0.25) is 4.90 Å². The standard InChI is InChI=1S/C27H34ClN3O4/c1-5-14-30(17-23(32)19-34-15-6-2)18-26-20(3)29-31(22-9-7-8-21(28)16-22)27(26)35-25-12-10-24(33-4)11-13-25/h6-13,16,23,32H,2,5,14-15,17-19H2,1,3-4H3. The molecule has 3 rings (SSSR count). The lowest BCUT2D eigenvalue weighted by Crippen LogP contribution is -2.35. The summed E-state index contributed by atoms with van der Waals surface area (Å²) in [4.78, 5) is 2.19. The normalized spacial score (nSPS) is 12.1. The number of ether oxygens (including phenoxy) is 3. The molecule has 1 heterocycles. The smallest absolute Gasteiger partial charge is 0.227 e. The molecule has 0 aliphatic carbocycles. The van der Waals surface area contributed by atoms with E-state index in [2.05, 4.69) is 18.4 Å². The minimum Gasteiger partial charge on any atom is -0.497 e. The van der Waals surface area contributed by atoms with Gasteiger partial charge < -0.3 is 19.3 Å². The average Bonchev–Trinajstić information content (AvgIpc) is 3.14. The summed E-state index contributed by atoms with van der Waals surface area (Å²) < 4.78 is 18.9. The van der Waals surface area contributed by atoms with Crippen LogP contribution in [-0.2, 0) is 11.3 Å². The molecule has 0 fully saturated rings. The van der Waals surface area contributed by atoms with Crippen molar-refractivity contribution in [2.45, 2.75) is 32.9 Å². The van der Waals surface area contributed by atoms with Gasteiger partial charge >= 0.3 is 0 Å². The number of aromatic nitrogens is 2. The van der Waals surface area contributed by atoms with E-state index in [-0.39, 0.29) is 6.61 Å². The van der Waals surface area contributed by atoms with E-state index in [4.69, 9.17) is 30.9 Å². The molecule has 1 atom stereocenters.